The third-order valence-electron chi connectivity index (χ3n) is 7.96. The number of anilines is 2. The molecule has 0 spiro atoms. The summed E-state index contributed by atoms with van der Waals surface area (Å²) in [4.78, 5) is 34.3. The molecule has 3 aromatic rings. The fourth-order valence-electron chi connectivity index (χ4n) is 5.83. The summed E-state index contributed by atoms with van der Waals surface area (Å²) in [5, 5.41) is 7.82. The molecular weight excluding hydrogens is 462 g/mol. The molecule has 1 aliphatic heterocycles. The van der Waals surface area contributed by atoms with Gasteiger partial charge in [-0.05, 0) is 76.0 Å². The van der Waals surface area contributed by atoms with Crippen molar-refractivity contribution < 1.29 is 4.79 Å². The van der Waals surface area contributed by atoms with Gasteiger partial charge in [0.1, 0.15) is 11.6 Å². The SMILES string of the molecule is CC(C)NC(=O)C1CCN(c2nc(-c3ccnc(NC4CCCC4)c3)nc3cncc(C4CC4)c23)CC1. The summed E-state index contributed by atoms with van der Waals surface area (Å²) in [6, 6.07) is 4.73. The zero-order chi connectivity index (χ0) is 25.4. The fraction of sp³-hybridized carbons (Fsp3) is 0.552. The summed E-state index contributed by atoms with van der Waals surface area (Å²) < 4.78 is 0. The first-order chi connectivity index (χ1) is 18.0. The Morgan fingerprint density at radius 1 is 1.03 bits per heavy atom. The summed E-state index contributed by atoms with van der Waals surface area (Å²) in [5.74, 6) is 3.34. The van der Waals surface area contributed by atoms with Gasteiger partial charge in [-0.3, -0.25) is 9.78 Å². The van der Waals surface area contributed by atoms with Crippen molar-refractivity contribution in [3.05, 3.63) is 36.3 Å². The minimum absolute atomic E-state index is 0.0557. The van der Waals surface area contributed by atoms with E-state index in [0.717, 1.165) is 54.0 Å². The number of pyridine rings is 2. The Balaban J connectivity index is 1.34. The number of aromatic nitrogens is 4. The van der Waals surface area contributed by atoms with Gasteiger partial charge in [-0.1, -0.05) is 12.8 Å². The Kier molecular flexibility index (Phi) is 6.65. The molecule has 0 bridgehead atoms. The molecule has 1 saturated heterocycles. The van der Waals surface area contributed by atoms with Crippen LogP contribution in [0.2, 0.25) is 0 Å². The molecule has 0 radical (unpaired) electrons. The lowest BCUT2D eigenvalue weighted by molar-refractivity contribution is -0.126. The lowest BCUT2D eigenvalue weighted by atomic mass is 9.95. The molecule has 2 saturated carbocycles. The number of rotatable bonds is 7. The van der Waals surface area contributed by atoms with Gasteiger partial charge in [-0.25, -0.2) is 15.0 Å². The molecule has 0 aromatic carbocycles. The van der Waals surface area contributed by atoms with E-state index < -0.39 is 0 Å². The maximum Gasteiger partial charge on any atom is 0.223 e. The number of hydrogen-bond donors (Lipinski definition) is 2. The van der Waals surface area contributed by atoms with Gasteiger partial charge >= 0.3 is 0 Å². The van der Waals surface area contributed by atoms with E-state index >= 15 is 0 Å². The number of nitrogens with zero attached hydrogens (tertiary/aromatic N) is 5. The third kappa shape index (κ3) is 5.24. The smallest absolute Gasteiger partial charge is 0.223 e. The molecule has 37 heavy (non-hydrogen) atoms. The van der Waals surface area contributed by atoms with Crippen molar-refractivity contribution in [2.45, 2.75) is 83.2 Å². The van der Waals surface area contributed by atoms with Crippen LogP contribution >= 0.6 is 0 Å². The normalized spacial score (nSPS) is 19.1. The van der Waals surface area contributed by atoms with E-state index in [1.807, 2.05) is 38.5 Å². The number of hydrogen-bond acceptors (Lipinski definition) is 7. The second-order valence-electron chi connectivity index (χ2n) is 11.2. The van der Waals surface area contributed by atoms with Gasteiger partial charge in [0, 0.05) is 54.4 Å². The Morgan fingerprint density at radius 2 is 1.81 bits per heavy atom. The van der Waals surface area contributed by atoms with Crippen LogP contribution in [0.25, 0.3) is 22.3 Å². The highest BCUT2D eigenvalue weighted by Crippen LogP contribution is 2.45. The van der Waals surface area contributed by atoms with Crippen molar-refractivity contribution in [1.29, 1.82) is 0 Å². The number of fused-ring (bicyclic) bond motifs is 1. The van der Waals surface area contributed by atoms with Crippen LogP contribution in [0.1, 0.15) is 76.7 Å². The lowest BCUT2D eigenvalue weighted by Gasteiger charge is -2.33. The van der Waals surface area contributed by atoms with Crippen LogP contribution in [-0.2, 0) is 4.79 Å². The fourth-order valence-corrected chi connectivity index (χ4v) is 5.83. The largest absolute Gasteiger partial charge is 0.367 e. The van der Waals surface area contributed by atoms with Crippen LogP contribution in [0.15, 0.2) is 30.7 Å². The first kappa shape index (κ1) is 24.1. The number of piperidine rings is 1. The van der Waals surface area contributed by atoms with Crippen molar-refractivity contribution in [3.8, 4) is 11.4 Å². The maximum absolute atomic E-state index is 12.6. The first-order valence-electron chi connectivity index (χ1n) is 14.0. The number of carbonyl (C=O) groups excluding carboxylic acids is 1. The van der Waals surface area contributed by atoms with Gasteiger partial charge in [-0.2, -0.15) is 0 Å². The molecule has 194 valence electrons. The molecule has 3 aromatic heterocycles. The average Bonchev–Trinajstić information content (AvgIpc) is 3.63. The summed E-state index contributed by atoms with van der Waals surface area (Å²) in [7, 11) is 0. The van der Waals surface area contributed by atoms with Gasteiger partial charge in [-0.15, -0.1) is 0 Å². The Labute approximate surface area is 218 Å². The summed E-state index contributed by atoms with van der Waals surface area (Å²) in [6.07, 6.45) is 14.7. The van der Waals surface area contributed by atoms with Crippen molar-refractivity contribution in [2.24, 2.45) is 5.92 Å². The Hall–Kier alpha value is -3.29. The molecule has 2 N–H and O–H groups in total. The van der Waals surface area contributed by atoms with E-state index in [1.165, 1.54) is 44.1 Å². The monoisotopic (exact) mass is 499 g/mol. The van der Waals surface area contributed by atoms with Crippen LogP contribution in [0, 0.1) is 5.92 Å². The molecule has 8 heteroatoms. The van der Waals surface area contributed by atoms with Gasteiger partial charge in [0.2, 0.25) is 5.91 Å². The molecule has 4 heterocycles. The molecule has 0 atom stereocenters. The second kappa shape index (κ2) is 10.2. The van der Waals surface area contributed by atoms with Gasteiger partial charge in [0.15, 0.2) is 5.82 Å². The van der Waals surface area contributed by atoms with E-state index in [0.29, 0.717) is 17.8 Å². The summed E-state index contributed by atoms with van der Waals surface area (Å²) in [5.41, 5.74) is 3.12. The quantitative estimate of drug-likeness (QED) is 0.469. The van der Waals surface area contributed by atoms with E-state index in [4.69, 9.17) is 9.97 Å². The van der Waals surface area contributed by atoms with E-state index in [-0.39, 0.29) is 17.9 Å². The Morgan fingerprint density at radius 3 is 2.54 bits per heavy atom. The van der Waals surface area contributed by atoms with Crippen LogP contribution in [0.4, 0.5) is 11.6 Å². The van der Waals surface area contributed by atoms with Gasteiger partial charge in [0.25, 0.3) is 0 Å². The highest BCUT2D eigenvalue weighted by atomic mass is 16.1. The van der Waals surface area contributed by atoms with Crippen LogP contribution in [0.3, 0.4) is 0 Å². The molecule has 2 aliphatic carbocycles. The lowest BCUT2D eigenvalue weighted by Crippen LogP contribution is -2.42. The molecule has 3 aliphatic rings. The highest BCUT2D eigenvalue weighted by Gasteiger charge is 2.31. The number of nitrogens with one attached hydrogen (secondary N) is 2. The van der Waals surface area contributed by atoms with Crippen LogP contribution < -0.4 is 15.5 Å². The Bertz CT molecular complexity index is 1270. The topological polar surface area (TPSA) is 95.9 Å². The third-order valence-corrected chi connectivity index (χ3v) is 7.96. The van der Waals surface area contributed by atoms with Crippen molar-refractivity contribution in [2.75, 3.05) is 23.3 Å². The summed E-state index contributed by atoms with van der Waals surface area (Å²) in [6.45, 7) is 5.64. The first-order valence-corrected chi connectivity index (χ1v) is 14.0. The number of amides is 1. The minimum atomic E-state index is 0.0557. The predicted octanol–water partition coefficient (Wildman–Crippen LogP) is 5.06. The van der Waals surface area contributed by atoms with Gasteiger partial charge < -0.3 is 15.5 Å². The second-order valence-corrected chi connectivity index (χ2v) is 11.2. The highest BCUT2D eigenvalue weighted by molar-refractivity contribution is 5.94. The van der Waals surface area contributed by atoms with Crippen LogP contribution in [-0.4, -0.2) is 51.0 Å². The zero-order valence-electron chi connectivity index (χ0n) is 21.9. The summed E-state index contributed by atoms with van der Waals surface area (Å²) >= 11 is 0. The molecule has 1 amide bonds. The minimum Gasteiger partial charge on any atom is -0.367 e. The van der Waals surface area contributed by atoms with Gasteiger partial charge in [0.05, 0.1) is 11.7 Å². The van der Waals surface area contributed by atoms with Crippen LogP contribution in [0.5, 0.6) is 0 Å². The van der Waals surface area contributed by atoms with E-state index in [2.05, 4.69) is 31.6 Å². The van der Waals surface area contributed by atoms with Crippen molar-refractivity contribution in [1.82, 2.24) is 25.3 Å². The van der Waals surface area contributed by atoms with E-state index in [1.54, 1.807) is 0 Å². The zero-order valence-corrected chi connectivity index (χ0v) is 21.9. The molecule has 3 fully saturated rings. The standard InChI is InChI=1S/C29H37N7O/c1-18(2)32-29(37)20-10-13-36(14-11-20)28-26-23(19-7-8-19)16-30-17-24(26)34-27(35-28)21-9-12-31-25(15-21)33-22-5-3-4-6-22/h9,12,15-20,22H,3-8,10-11,13-14H2,1-2H3,(H,31,33)(H,32,37). The molecule has 0 unspecified atom stereocenters. The molecular formula is C29H37N7O. The van der Waals surface area contributed by atoms with Crippen molar-refractivity contribution in [3.63, 3.8) is 0 Å². The maximum atomic E-state index is 12.6. The van der Waals surface area contributed by atoms with E-state index in [9.17, 15) is 4.79 Å². The molecule has 6 rings (SSSR count). The predicted molar refractivity (Wildman–Crippen MR) is 147 cm³/mol. The molecule has 8 nitrogen and oxygen atoms in total. The number of carbonyl (C=O) groups is 1. The van der Waals surface area contributed by atoms with Crippen molar-refractivity contribution >= 4 is 28.4 Å². The average molecular weight is 500 g/mol.